The number of alkyl halides is 1. The van der Waals surface area contributed by atoms with Gasteiger partial charge in [0.1, 0.15) is 5.84 Å². The van der Waals surface area contributed by atoms with E-state index >= 15 is 0 Å². The van der Waals surface area contributed by atoms with Crippen molar-refractivity contribution in [1.82, 2.24) is 4.98 Å². The normalized spacial score (nSPS) is 10.7. The van der Waals surface area contributed by atoms with Crippen LogP contribution in [-0.2, 0) is 6.54 Å². The van der Waals surface area contributed by atoms with Crippen molar-refractivity contribution in [2.45, 2.75) is 6.54 Å². The number of amidine groups is 1. The first-order valence-corrected chi connectivity index (χ1v) is 4.10. The first kappa shape index (κ1) is 12.2. The van der Waals surface area contributed by atoms with Crippen molar-refractivity contribution in [3.63, 3.8) is 0 Å². The molecule has 3 nitrogen and oxygen atoms in total. The molecule has 72 valence electrons. The van der Waals surface area contributed by atoms with E-state index in [4.69, 9.17) is 17.3 Å². The molecule has 0 aliphatic heterocycles. The Morgan fingerprint density at radius 1 is 1.62 bits per heavy atom. The van der Waals surface area contributed by atoms with Crippen molar-refractivity contribution < 1.29 is 0 Å². The Kier molecular flexibility index (Phi) is 6.28. The molecule has 0 aliphatic carbocycles. The minimum absolute atomic E-state index is 0. The summed E-state index contributed by atoms with van der Waals surface area (Å²) in [5, 5.41) is 0. The Labute approximate surface area is 88.4 Å². The fourth-order valence-corrected chi connectivity index (χ4v) is 0.811. The average Bonchev–Trinajstić information content (AvgIpc) is 2.16. The maximum Gasteiger partial charge on any atom is 0.109 e. The van der Waals surface area contributed by atoms with E-state index in [1.165, 1.54) is 0 Å². The number of nitrogens with two attached hydrogens (primary N) is 1. The summed E-state index contributed by atoms with van der Waals surface area (Å²) in [5.41, 5.74) is 6.45. The first-order valence-electron chi connectivity index (χ1n) is 3.56. The second-order valence-corrected chi connectivity index (χ2v) is 2.57. The van der Waals surface area contributed by atoms with Gasteiger partial charge >= 0.3 is 0 Å². The van der Waals surface area contributed by atoms with E-state index in [0.29, 0.717) is 12.4 Å². The van der Waals surface area contributed by atoms with Gasteiger partial charge in [0.2, 0.25) is 0 Å². The third kappa shape index (κ3) is 4.70. The fourth-order valence-electron chi connectivity index (χ4n) is 0.727. The maximum absolute atomic E-state index is 5.45. The fraction of sp³-hybridized carbons (Fsp3) is 0.250. The van der Waals surface area contributed by atoms with Crippen LogP contribution >= 0.6 is 24.0 Å². The van der Waals surface area contributed by atoms with Gasteiger partial charge in [-0.2, -0.15) is 0 Å². The molecule has 1 aromatic heterocycles. The number of rotatable bonds is 3. The van der Waals surface area contributed by atoms with Crippen molar-refractivity contribution in [3.05, 3.63) is 30.1 Å². The van der Waals surface area contributed by atoms with Crippen LogP contribution in [0.1, 0.15) is 5.56 Å². The Bertz CT molecular complexity index is 261. The largest absolute Gasteiger partial charge is 0.386 e. The van der Waals surface area contributed by atoms with Crippen LogP contribution in [0.3, 0.4) is 0 Å². The highest BCUT2D eigenvalue weighted by Gasteiger charge is 1.90. The average molecular weight is 220 g/mol. The zero-order valence-electron chi connectivity index (χ0n) is 6.98. The summed E-state index contributed by atoms with van der Waals surface area (Å²) < 4.78 is 0. The standard InChI is InChI=1S/C8H10ClN3.ClH/c9-4-8(10)12-6-7-2-1-3-11-5-7;/h1-3,5H,4,6H2,(H2,10,12);1H. The van der Waals surface area contributed by atoms with E-state index in [1.54, 1.807) is 12.4 Å². The topological polar surface area (TPSA) is 51.3 Å². The zero-order chi connectivity index (χ0) is 8.81. The number of halogens is 2. The SMILES string of the molecule is Cl.NC(CCl)=NCc1cccnc1. The molecule has 0 aromatic carbocycles. The molecule has 13 heavy (non-hydrogen) atoms. The Morgan fingerprint density at radius 3 is 2.92 bits per heavy atom. The van der Waals surface area contributed by atoms with Gasteiger partial charge in [0.05, 0.1) is 12.4 Å². The molecule has 0 spiro atoms. The second kappa shape index (κ2) is 6.69. The lowest BCUT2D eigenvalue weighted by molar-refractivity contribution is 1.04. The molecule has 0 unspecified atom stereocenters. The summed E-state index contributed by atoms with van der Waals surface area (Å²) in [4.78, 5) is 7.98. The first-order chi connectivity index (χ1) is 5.83. The second-order valence-electron chi connectivity index (χ2n) is 2.30. The van der Waals surface area contributed by atoms with Crippen LogP contribution in [0.4, 0.5) is 0 Å². The van der Waals surface area contributed by atoms with Gasteiger partial charge in [-0.15, -0.1) is 24.0 Å². The molecule has 5 heteroatoms. The Hall–Kier alpha value is -0.800. The molecule has 0 bridgehead atoms. The van der Waals surface area contributed by atoms with E-state index in [0.717, 1.165) is 5.56 Å². The van der Waals surface area contributed by atoms with Crippen molar-refractivity contribution in [1.29, 1.82) is 0 Å². The van der Waals surface area contributed by atoms with Crippen LogP contribution in [0, 0.1) is 0 Å². The van der Waals surface area contributed by atoms with Crippen LogP contribution in [0.2, 0.25) is 0 Å². The number of aliphatic imine (C=N–C) groups is 1. The molecule has 2 N–H and O–H groups in total. The zero-order valence-corrected chi connectivity index (χ0v) is 8.55. The summed E-state index contributed by atoms with van der Waals surface area (Å²) >= 11 is 5.45. The molecule has 0 saturated heterocycles. The van der Waals surface area contributed by atoms with E-state index in [1.807, 2.05) is 12.1 Å². The summed E-state index contributed by atoms with van der Waals surface area (Å²) in [5.74, 6) is 0.737. The van der Waals surface area contributed by atoms with E-state index in [2.05, 4.69) is 9.98 Å². The van der Waals surface area contributed by atoms with Crippen molar-refractivity contribution in [2.75, 3.05) is 5.88 Å². The highest BCUT2D eigenvalue weighted by atomic mass is 35.5. The molecule has 0 fully saturated rings. The molecule has 0 radical (unpaired) electrons. The van der Waals surface area contributed by atoms with Crippen molar-refractivity contribution in [3.8, 4) is 0 Å². The van der Waals surface area contributed by atoms with E-state index < -0.39 is 0 Å². The van der Waals surface area contributed by atoms with Crippen LogP contribution in [-0.4, -0.2) is 16.7 Å². The van der Waals surface area contributed by atoms with Crippen molar-refractivity contribution >= 4 is 29.8 Å². The van der Waals surface area contributed by atoms with Gasteiger partial charge in [-0.25, -0.2) is 0 Å². The lowest BCUT2D eigenvalue weighted by Gasteiger charge is -1.95. The number of hydrogen-bond acceptors (Lipinski definition) is 2. The van der Waals surface area contributed by atoms with Gasteiger partial charge in [0, 0.05) is 12.4 Å². The summed E-state index contributed by atoms with van der Waals surface area (Å²) in [6.45, 7) is 0.548. The molecule has 1 aromatic rings. The smallest absolute Gasteiger partial charge is 0.109 e. The minimum Gasteiger partial charge on any atom is -0.386 e. The van der Waals surface area contributed by atoms with Crippen molar-refractivity contribution in [2.24, 2.45) is 10.7 Å². The molecule has 0 saturated carbocycles. The van der Waals surface area contributed by atoms with Gasteiger partial charge < -0.3 is 5.73 Å². The van der Waals surface area contributed by atoms with Gasteiger partial charge in [-0.05, 0) is 11.6 Å². The predicted molar refractivity (Wildman–Crippen MR) is 57.5 cm³/mol. The lowest BCUT2D eigenvalue weighted by Crippen LogP contribution is -2.13. The van der Waals surface area contributed by atoms with Crippen LogP contribution in [0.25, 0.3) is 0 Å². The predicted octanol–water partition coefficient (Wildman–Crippen LogP) is 1.60. The third-order valence-electron chi connectivity index (χ3n) is 1.32. The number of aromatic nitrogens is 1. The highest BCUT2D eigenvalue weighted by Crippen LogP contribution is 1.97. The van der Waals surface area contributed by atoms with Gasteiger partial charge in [0.15, 0.2) is 0 Å². The van der Waals surface area contributed by atoms with Crippen LogP contribution in [0.15, 0.2) is 29.5 Å². The summed E-state index contributed by atoms with van der Waals surface area (Å²) in [6.07, 6.45) is 3.48. The van der Waals surface area contributed by atoms with Gasteiger partial charge in [-0.3, -0.25) is 9.98 Å². The molecule has 1 heterocycles. The highest BCUT2D eigenvalue weighted by molar-refractivity contribution is 6.27. The molecular formula is C8H11Cl2N3. The van der Waals surface area contributed by atoms with E-state index in [-0.39, 0.29) is 18.3 Å². The van der Waals surface area contributed by atoms with Gasteiger partial charge in [-0.1, -0.05) is 6.07 Å². The minimum atomic E-state index is 0. The van der Waals surface area contributed by atoms with Crippen LogP contribution in [0.5, 0.6) is 0 Å². The molecule has 0 aliphatic rings. The number of nitrogens with zero attached hydrogens (tertiary/aromatic N) is 2. The number of hydrogen-bond donors (Lipinski definition) is 1. The maximum atomic E-state index is 5.45. The van der Waals surface area contributed by atoms with Crippen LogP contribution < -0.4 is 5.73 Å². The quantitative estimate of drug-likeness (QED) is 0.477. The Morgan fingerprint density at radius 2 is 2.38 bits per heavy atom. The molecule has 0 atom stereocenters. The lowest BCUT2D eigenvalue weighted by atomic mass is 10.3. The number of pyridine rings is 1. The Balaban J connectivity index is 0.00000144. The summed E-state index contributed by atoms with van der Waals surface area (Å²) in [6, 6.07) is 3.81. The monoisotopic (exact) mass is 219 g/mol. The molecular weight excluding hydrogens is 209 g/mol. The molecule has 0 amide bonds. The summed E-state index contributed by atoms with van der Waals surface area (Å²) in [7, 11) is 0. The van der Waals surface area contributed by atoms with Gasteiger partial charge in [0.25, 0.3) is 0 Å². The molecule has 1 rings (SSSR count). The van der Waals surface area contributed by atoms with E-state index in [9.17, 15) is 0 Å². The third-order valence-corrected chi connectivity index (χ3v) is 1.60.